The zero-order chi connectivity index (χ0) is 19.7. The average Bonchev–Trinajstić information content (AvgIpc) is 3.24. The van der Waals surface area contributed by atoms with Gasteiger partial charge < -0.3 is 14.5 Å². The molecule has 0 radical (unpaired) electrons. The lowest BCUT2D eigenvalue weighted by molar-refractivity contribution is -0.121. The van der Waals surface area contributed by atoms with Gasteiger partial charge in [0.25, 0.3) is 0 Å². The number of benzene rings is 1. The van der Waals surface area contributed by atoms with Crippen molar-refractivity contribution in [3.8, 4) is 11.5 Å². The van der Waals surface area contributed by atoms with Gasteiger partial charge in [0, 0.05) is 30.7 Å². The van der Waals surface area contributed by atoms with Gasteiger partial charge in [-0.1, -0.05) is 32.0 Å². The predicted molar refractivity (Wildman–Crippen MR) is 107 cm³/mol. The van der Waals surface area contributed by atoms with E-state index in [4.69, 9.17) is 9.15 Å². The van der Waals surface area contributed by atoms with E-state index in [0.717, 1.165) is 31.7 Å². The topological polar surface area (TPSA) is 67.6 Å². The Balaban J connectivity index is 1.34. The van der Waals surface area contributed by atoms with Crippen LogP contribution in [-0.4, -0.2) is 53.7 Å². The Bertz CT molecular complexity index is 818. The number of hydrogen-bond acceptors (Lipinski definition) is 5. The normalized spacial score (nSPS) is 25.1. The molecule has 0 saturated carbocycles. The van der Waals surface area contributed by atoms with Crippen LogP contribution in [0.2, 0.25) is 0 Å². The number of nitrogens with one attached hydrogen (secondary N) is 1. The molecule has 1 aromatic heterocycles. The maximum atomic E-state index is 12.6. The molecule has 0 aliphatic carbocycles. The molecule has 1 aromatic carbocycles. The van der Waals surface area contributed by atoms with Gasteiger partial charge in [-0.2, -0.15) is 0 Å². The fraction of sp³-hybridized carbons (Fsp3) is 0.545. The van der Waals surface area contributed by atoms with Gasteiger partial charge in [0.05, 0.1) is 24.8 Å². The third-order valence-corrected chi connectivity index (χ3v) is 5.80. The van der Waals surface area contributed by atoms with Crippen molar-refractivity contribution in [1.82, 2.24) is 15.2 Å². The van der Waals surface area contributed by atoms with E-state index in [1.165, 1.54) is 0 Å². The average molecular weight is 383 g/mol. The van der Waals surface area contributed by atoms with E-state index in [1.807, 2.05) is 37.3 Å². The van der Waals surface area contributed by atoms with Crippen LogP contribution in [0, 0.1) is 12.8 Å². The van der Waals surface area contributed by atoms with Crippen LogP contribution in [0.15, 0.2) is 34.7 Å². The summed E-state index contributed by atoms with van der Waals surface area (Å²) in [5, 5.41) is 3.19. The van der Waals surface area contributed by atoms with Crippen molar-refractivity contribution in [2.45, 2.75) is 51.8 Å². The number of morpholine rings is 1. The van der Waals surface area contributed by atoms with E-state index in [2.05, 4.69) is 29.0 Å². The summed E-state index contributed by atoms with van der Waals surface area (Å²) < 4.78 is 11.8. The maximum absolute atomic E-state index is 12.6. The molecule has 2 aliphatic heterocycles. The highest BCUT2D eigenvalue weighted by atomic mass is 16.5. The number of carbonyl (C=O) groups excluding carboxylic acids is 1. The lowest BCUT2D eigenvalue weighted by atomic mass is 10.0. The highest BCUT2D eigenvalue weighted by molar-refractivity contribution is 5.78. The highest BCUT2D eigenvalue weighted by Crippen LogP contribution is 2.26. The van der Waals surface area contributed by atoms with E-state index in [0.29, 0.717) is 35.4 Å². The second kappa shape index (κ2) is 8.05. The van der Waals surface area contributed by atoms with Crippen molar-refractivity contribution >= 4 is 5.91 Å². The largest absolute Gasteiger partial charge is 0.441 e. The number of aromatic nitrogens is 1. The van der Waals surface area contributed by atoms with Crippen molar-refractivity contribution in [3.05, 3.63) is 41.8 Å². The van der Waals surface area contributed by atoms with Crippen molar-refractivity contribution in [1.29, 1.82) is 0 Å². The van der Waals surface area contributed by atoms with Gasteiger partial charge in [0.15, 0.2) is 0 Å². The monoisotopic (exact) mass is 383 g/mol. The van der Waals surface area contributed by atoms with Gasteiger partial charge in [-0.05, 0) is 31.4 Å². The first-order valence-corrected chi connectivity index (χ1v) is 10.2. The quantitative estimate of drug-likeness (QED) is 0.860. The summed E-state index contributed by atoms with van der Waals surface area (Å²) in [5.41, 5.74) is 1.62. The Labute approximate surface area is 166 Å². The lowest BCUT2D eigenvalue weighted by Gasteiger charge is -2.36. The van der Waals surface area contributed by atoms with Crippen molar-refractivity contribution < 1.29 is 13.9 Å². The lowest BCUT2D eigenvalue weighted by Crippen LogP contribution is -2.48. The molecule has 0 spiro atoms. The van der Waals surface area contributed by atoms with Crippen LogP contribution < -0.4 is 5.32 Å². The zero-order valence-electron chi connectivity index (χ0n) is 16.9. The number of ether oxygens (including phenoxy) is 1. The molecule has 2 saturated heterocycles. The minimum Gasteiger partial charge on any atom is -0.441 e. The van der Waals surface area contributed by atoms with Crippen LogP contribution in [0.25, 0.3) is 11.5 Å². The van der Waals surface area contributed by atoms with E-state index in [1.54, 1.807) is 0 Å². The van der Waals surface area contributed by atoms with Crippen LogP contribution in [-0.2, 0) is 16.0 Å². The van der Waals surface area contributed by atoms with Gasteiger partial charge in [0.2, 0.25) is 11.8 Å². The number of aryl methyl sites for hydroxylation is 1. The SMILES string of the molecule is Cc1oc(-c2ccccc2)nc1CC(=O)N[C@H]1C[C@H]2CO[C@@H](C(C)C)CN2C1. The number of rotatable bonds is 5. The Morgan fingerprint density at radius 3 is 2.82 bits per heavy atom. The van der Waals surface area contributed by atoms with Gasteiger partial charge in [0.1, 0.15) is 5.76 Å². The molecule has 28 heavy (non-hydrogen) atoms. The number of fused-ring (bicyclic) bond motifs is 1. The number of amides is 1. The Kier molecular flexibility index (Phi) is 5.51. The first-order valence-electron chi connectivity index (χ1n) is 10.2. The van der Waals surface area contributed by atoms with E-state index >= 15 is 0 Å². The summed E-state index contributed by atoms with van der Waals surface area (Å²) >= 11 is 0. The van der Waals surface area contributed by atoms with Crippen LogP contribution in [0.1, 0.15) is 31.7 Å². The molecule has 150 valence electrons. The minimum absolute atomic E-state index is 0.00202. The van der Waals surface area contributed by atoms with E-state index < -0.39 is 0 Å². The standard InChI is InChI=1S/C22H29N3O3/c1-14(2)20-12-25-11-17(9-18(25)13-27-20)23-21(26)10-19-15(3)28-22(24-19)16-7-5-4-6-8-16/h4-8,14,17-18,20H,9-13H2,1-3H3,(H,23,26)/t17-,18-,20+/m0/s1. The fourth-order valence-corrected chi connectivity index (χ4v) is 4.13. The first-order chi connectivity index (χ1) is 13.5. The molecule has 3 atom stereocenters. The van der Waals surface area contributed by atoms with Crippen LogP contribution in [0.3, 0.4) is 0 Å². The van der Waals surface area contributed by atoms with Crippen LogP contribution >= 0.6 is 0 Å². The molecule has 3 heterocycles. The third kappa shape index (κ3) is 4.13. The van der Waals surface area contributed by atoms with Crippen molar-refractivity contribution in [2.75, 3.05) is 19.7 Å². The number of carbonyl (C=O) groups is 1. The summed E-state index contributed by atoms with van der Waals surface area (Å²) in [4.78, 5) is 19.6. The minimum atomic E-state index is 0.00202. The van der Waals surface area contributed by atoms with Gasteiger partial charge in [-0.15, -0.1) is 0 Å². The van der Waals surface area contributed by atoms with Gasteiger partial charge in [-0.3, -0.25) is 9.69 Å². The highest BCUT2D eigenvalue weighted by Gasteiger charge is 2.38. The van der Waals surface area contributed by atoms with E-state index in [-0.39, 0.29) is 18.4 Å². The number of oxazole rings is 1. The Morgan fingerprint density at radius 1 is 1.29 bits per heavy atom. The molecule has 0 bridgehead atoms. The van der Waals surface area contributed by atoms with Crippen molar-refractivity contribution in [3.63, 3.8) is 0 Å². The van der Waals surface area contributed by atoms with Crippen LogP contribution in [0.5, 0.6) is 0 Å². The van der Waals surface area contributed by atoms with Crippen LogP contribution in [0.4, 0.5) is 0 Å². The number of hydrogen-bond donors (Lipinski definition) is 1. The zero-order valence-corrected chi connectivity index (χ0v) is 16.9. The summed E-state index contributed by atoms with van der Waals surface area (Å²) in [6.07, 6.45) is 1.48. The second-order valence-electron chi connectivity index (χ2n) is 8.29. The predicted octanol–water partition coefficient (Wildman–Crippen LogP) is 2.81. The van der Waals surface area contributed by atoms with Gasteiger partial charge >= 0.3 is 0 Å². The smallest absolute Gasteiger partial charge is 0.226 e. The molecule has 1 amide bonds. The Morgan fingerprint density at radius 2 is 2.07 bits per heavy atom. The summed E-state index contributed by atoms with van der Waals surface area (Å²) in [6.45, 7) is 8.88. The van der Waals surface area contributed by atoms with Gasteiger partial charge in [-0.25, -0.2) is 4.98 Å². The molecular weight excluding hydrogens is 354 g/mol. The van der Waals surface area contributed by atoms with Crippen molar-refractivity contribution in [2.24, 2.45) is 5.92 Å². The molecule has 2 aromatic rings. The molecule has 2 aliphatic rings. The second-order valence-corrected chi connectivity index (χ2v) is 8.29. The molecule has 0 unspecified atom stereocenters. The molecule has 1 N–H and O–H groups in total. The molecular formula is C22H29N3O3. The number of nitrogens with zero attached hydrogens (tertiary/aromatic N) is 2. The molecule has 4 rings (SSSR count). The summed E-state index contributed by atoms with van der Waals surface area (Å²) in [6, 6.07) is 10.4. The Hall–Kier alpha value is -2.18. The van der Waals surface area contributed by atoms with E-state index in [9.17, 15) is 4.79 Å². The summed E-state index contributed by atoms with van der Waals surface area (Å²) in [7, 11) is 0. The fourth-order valence-electron chi connectivity index (χ4n) is 4.13. The molecule has 6 heteroatoms. The summed E-state index contributed by atoms with van der Waals surface area (Å²) in [5.74, 6) is 1.78. The third-order valence-electron chi connectivity index (χ3n) is 5.80. The first kappa shape index (κ1) is 19.2. The molecule has 2 fully saturated rings. The maximum Gasteiger partial charge on any atom is 0.226 e. The molecule has 6 nitrogen and oxygen atoms in total.